The number of carbonyl (C=O) groups excluding carboxylic acids is 2. The van der Waals surface area contributed by atoms with Gasteiger partial charge in [0, 0.05) is 11.6 Å². The summed E-state index contributed by atoms with van der Waals surface area (Å²) in [7, 11) is 5.74. The fourth-order valence-electron chi connectivity index (χ4n) is 2.17. The number of hydrogen-bond acceptors (Lipinski definition) is 6. The maximum atomic E-state index is 12.6. The van der Waals surface area contributed by atoms with Crippen molar-refractivity contribution in [2.24, 2.45) is 0 Å². The Labute approximate surface area is 145 Å². The van der Waals surface area contributed by atoms with Crippen molar-refractivity contribution in [3.63, 3.8) is 0 Å². The van der Waals surface area contributed by atoms with Crippen LogP contribution in [0.1, 0.15) is 20.7 Å². The molecule has 0 aromatic heterocycles. The zero-order chi connectivity index (χ0) is 18.4. The van der Waals surface area contributed by atoms with Crippen molar-refractivity contribution < 1.29 is 28.5 Å². The first-order chi connectivity index (χ1) is 12.0. The number of rotatable bonds is 6. The summed E-state index contributed by atoms with van der Waals surface area (Å²) in [5.74, 6) is 0.422. The predicted octanol–water partition coefficient (Wildman–Crippen LogP) is 2.75. The van der Waals surface area contributed by atoms with E-state index in [2.05, 4.69) is 5.32 Å². The van der Waals surface area contributed by atoms with E-state index in [1.54, 1.807) is 30.3 Å². The van der Waals surface area contributed by atoms with Crippen molar-refractivity contribution in [1.82, 2.24) is 0 Å². The van der Waals surface area contributed by atoms with Crippen LogP contribution in [0, 0.1) is 0 Å². The van der Waals surface area contributed by atoms with Crippen LogP contribution >= 0.6 is 0 Å². The number of hydrogen-bond donors (Lipinski definition) is 1. The van der Waals surface area contributed by atoms with E-state index in [0.29, 0.717) is 28.5 Å². The number of esters is 1. The Morgan fingerprint density at radius 2 is 1.40 bits per heavy atom. The van der Waals surface area contributed by atoms with Gasteiger partial charge in [0.2, 0.25) is 0 Å². The van der Waals surface area contributed by atoms with Gasteiger partial charge < -0.3 is 24.3 Å². The molecule has 0 saturated carbocycles. The largest absolute Gasteiger partial charge is 0.497 e. The first-order valence-corrected chi connectivity index (χ1v) is 7.33. The Balaban J connectivity index is 2.36. The van der Waals surface area contributed by atoms with E-state index in [4.69, 9.17) is 18.9 Å². The topological polar surface area (TPSA) is 83.1 Å². The summed E-state index contributed by atoms with van der Waals surface area (Å²) in [6, 6.07) is 9.49. The van der Waals surface area contributed by atoms with Gasteiger partial charge in [-0.2, -0.15) is 0 Å². The van der Waals surface area contributed by atoms with E-state index in [1.165, 1.54) is 34.5 Å². The molecule has 0 aliphatic carbocycles. The average molecular weight is 345 g/mol. The quantitative estimate of drug-likeness (QED) is 0.811. The molecule has 132 valence electrons. The summed E-state index contributed by atoms with van der Waals surface area (Å²) in [6.07, 6.45) is 0. The van der Waals surface area contributed by atoms with Crippen LogP contribution in [-0.4, -0.2) is 40.3 Å². The molecule has 2 rings (SSSR count). The van der Waals surface area contributed by atoms with Crippen LogP contribution in [0.5, 0.6) is 17.2 Å². The van der Waals surface area contributed by atoms with Gasteiger partial charge in [-0.05, 0) is 30.3 Å². The van der Waals surface area contributed by atoms with E-state index in [1.807, 2.05) is 0 Å². The zero-order valence-electron chi connectivity index (χ0n) is 14.4. The lowest BCUT2D eigenvalue weighted by Gasteiger charge is -2.12. The molecule has 1 amide bonds. The predicted molar refractivity (Wildman–Crippen MR) is 91.8 cm³/mol. The third-order valence-electron chi connectivity index (χ3n) is 3.49. The van der Waals surface area contributed by atoms with Crippen molar-refractivity contribution in [3.05, 3.63) is 47.5 Å². The molecule has 2 aromatic carbocycles. The van der Waals surface area contributed by atoms with Crippen LogP contribution in [0.15, 0.2) is 36.4 Å². The third-order valence-corrected chi connectivity index (χ3v) is 3.49. The molecule has 0 radical (unpaired) electrons. The number of benzene rings is 2. The maximum absolute atomic E-state index is 12.6. The van der Waals surface area contributed by atoms with Crippen molar-refractivity contribution >= 4 is 17.6 Å². The third kappa shape index (κ3) is 4.20. The molecular weight excluding hydrogens is 326 g/mol. The van der Waals surface area contributed by atoms with Gasteiger partial charge in [0.1, 0.15) is 17.2 Å². The number of amides is 1. The standard InChI is InChI=1S/C18H19NO6/c1-22-12-5-6-16(15(10-12)18(21)25-4)19-17(20)11-7-13(23-2)9-14(8-11)24-3/h5-10H,1-4H3,(H,19,20). The summed E-state index contributed by atoms with van der Waals surface area (Å²) in [6.45, 7) is 0. The van der Waals surface area contributed by atoms with E-state index in [-0.39, 0.29) is 5.56 Å². The Bertz CT molecular complexity index is 765. The lowest BCUT2D eigenvalue weighted by atomic mass is 10.1. The molecule has 0 atom stereocenters. The molecule has 0 aliphatic rings. The van der Waals surface area contributed by atoms with Crippen LogP contribution in [0.25, 0.3) is 0 Å². The zero-order valence-corrected chi connectivity index (χ0v) is 14.4. The molecule has 0 fully saturated rings. The van der Waals surface area contributed by atoms with Gasteiger partial charge in [0.15, 0.2) is 0 Å². The van der Waals surface area contributed by atoms with Crippen LogP contribution in [0.3, 0.4) is 0 Å². The molecule has 7 nitrogen and oxygen atoms in total. The second kappa shape index (κ2) is 8.05. The molecule has 0 unspecified atom stereocenters. The first kappa shape index (κ1) is 18.1. The Hall–Kier alpha value is -3.22. The second-order valence-corrected chi connectivity index (χ2v) is 4.96. The number of carbonyl (C=O) groups is 2. The van der Waals surface area contributed by atoms with Crippen LogP contribution in [-0.2, 0) is 4.74 Å². The number of methoxy groups -OCH3 is 4. The van der Waals surface area contributed by atoms with Gasteiger partial charge >= 0.3 is 5.97 Å². The smallest absolute Gasteiger partial charge is 0.340 e. The monoisotopic (exact) mass is 345 g/mol. The Morgan fingerprint density at radius 1 is 0.800 bits per heavy atom. The highest BCUT2D eigenvalue weighted by atomic mass is 16.5. The maximum Gasteiger partial charge on any atom is 0.340 e. The van der Waals surface area contributed by atoms with Crippen LogP contribution in [0.2, 0.25) is 0 Å². The van der Waals surface area contributed by atoms with E-state index >= 15 is 0 Å². The molecule has 0 spiro atoms. The van der Waals surface area contributed by atoms with Crippen molar-refractivity contribution in [3.8, 4) is 17.2 Å². The highest BCUT2D eigenvalue weighted by Gasteiger charge is 2.17. The number of nitrogens with one attached hydrogen (secondary N) is 1. The molecule has 0 saturated heterocycles. The Kier molecular flexibility index (Phi) is 5.84. The normalized spacial score (nSPS) is 9.92. The van der Waals surface area contributed by atoms with Crippen molar-refractivity contribution in [1.29, 1.82) is 0 Å². The molecule has 0 bridgehead atoms. The van der Waals surface area contributed by atoms with Crippen molar-refractivity contribution in [2.75, 3.05) is 33.8 Å². The summed E-state index contributed by atoms with van der Waals surface area (Å²) >= 11 is 0. The minimum atomic E-state index is -0.586. The fourth-order valence-corrected chi connectivity index (χ4v) is 2.17. The van der Waals surface area contributed by atoms with Gasteiger partial charge in [0.25, 0.3) is 5.91 Å². The molecule has 1 N–H and O–H groups in total. The van der Waals surface area contributed by atoms with Gasteiger partial charge in [-0.1, -0.05) is 0 Å². The summed E-state index contributed by atoms with van der Waals surface area (Å²) in [5.41, 5.74) is 0.812. The molecule has 25 heavy (non-hydrogen) atoms. The summed E-state index contributed by atoms with van der Waals surface area (Å²) in [4.78, 5) is 24.5. The van der Waals surface area contributed by atoms with Gasteiger partial charge in [-0.15, -0.1) is 0 Å². The number of ether oxygens (including phenoxy) is 4. The highest BCUT2D eigenvalue weighted by Crippen LogP contribution is 2.26. The summed E-state index contributed by atoms with van der Waals surface area (Å²) in [5, 5.41) is 2.69. The lowest BCUT2D eigenvalue weighted by molar-refractivity contribution is 0.0601. The highest BCUT2D eigenvalue weighted by molar-refractivity contribution is 6.08. The molecule has 0 heterocycles. The molecule has 7 heteroatoms. The van der Waals surface area contributed by atoms with Gasteiger partial charge in [-0.25, -0.2) is 4.79 Å². The molecule has 0 aliphatic heterocycles. The SMILES string of the molecule is COC(=O)c1cc(OC)ccc1NC(=O)c1cc(OC)cc(OC)c1. The van der Waals surface area contributed by atoms with Crippen molar-refractivity contribution in [2.45, 2.75) is 0 Å². The average Bonchev–Trinajstić information content (AvgIpc) is 2.66. The number of anilines is 1. The summed E-state index contributed by atoms with van der Waals surface area (Å²) < 4.78 is 20.2. The second-order valence-electron chi connectivity index (χ2n) is 4.96. The van der Waals surface area contributed by atoms with E-state index < -0.39 is 11.9 Å². The molecular formula is C18H19NO6. The molecule has 2 aromatic rings. The fraction of sp³-hybridized carbons (Fsp3) is 0.222. The Morgan fingerprint density at radius 3 is 1.92 bits per heavy atom. The van der Waals surface area contributed by atoms with Crippen LogP contribution in [0.4, 0.5) is 5.69 Å². The first-order valence-electron chi connectivity index (χ1n) is 7.33. The van der Waals surface area contributed by atoms with Crippen LogP contribution < -0.4 is 19.5 Å². The van der Waals surface area contributed by atoms with E-state index in [9.17, 15) is 9.59 Å². The van der Waals surface area contributed by atoms with E-state index in [0.717, 1.165) is 0 Å². The van der Waals surface area contributed by atoms with Gasteiger partial charge in [0.05, 0.1) is 39.7 Å². The van der Waals surface area contributed by atoms with Gasteiger partial charge in [-0.3, -0.25) is 4.79 Å². The minimum Gasteiger partial charge on any atom is -0.497 e. The lowest BCUT2D eigenvalue weighted by Crippen LogP contribution is -2.15. The minimum absolute atomic E-state index is 0.185.